The molecule has 0 aliphatic carbocycles. The van der Waals surface area contributed by atoms with Crippen LogP contribution >= 0.6 is 11.3 Å². The van der Waals surface area contributed by atoms with Crippen molar-refractivity contribution in [1.29, 1.82) is 0 Å². The Morgan fingerprint density at radius 1 is 1.20 bits per heavy atom. The Morgan fingerprint density at radius 3 is 2.65 bits per heavy atom. The fourth-order valence-electron chi connectivity index (χ4n) is 2.29. The molecule has 106 valence electrons. The molecule has 1 aromatic heterocycles. The van der Waals surface area contributed by atoms with E-state index in [1.54, 1.807) is 17.4 Å². The molecule has 0 atom stereocenters. The largest absolute Gasteiger partial charge is 0.346 e. The normalized spacial score (nSPS) is 15.7. The van der Waals surface area contributed by atoms with Gasteiger partial charge in [-0.1, -0.05) is 0 Å². The molecule has 0 saturated carbocycles. The van der Waals surface area contributed by atoms with Crippen LogP contribution in [-0.4, -0.2) is 31.2 Å². The molecule has 0 bridgehead atoms. The molecule has 1 aromatic carbocycles. The predicted octanol–water partition coefficient (Wildman–Crippen LogP) is 2.81. The minimum Gasteiger partial charge on any atom is -0.346 e. The maximum Gasteiger partial charge on any atom is 0.186 e. The van der Waals surface area contributed by atoms with E-state index in [2.05, 4.69) is 15.2 Å². The van der Waals surface area contributed by atoms with Crippen molar-refractivity contribution in [2.45, 2.75) is 6.92 Å². The summed E-state index contributed by atoms with van der Waals surface area (Å²) in [5, 5.41) is 4.24. The molecule has 1 aliphatic heterocycles. The third-order valence-electron chi connectivity index (χ3n) is 3.37. The van der Waals surface area contributed by atoms with Gasteiger partial charge in [0.05, 0.1) is 5.69 Å². The van der Waals surface area contributed by atoms with Crippen LogP contribution in [0, 0.1) is 18.6 Å². The van der Waals surface area contributed by atoms with Crippen molar-refractivity contribution >= 4 is 16.5 Å². The van der Waals surface area contributed by atoms with E-state index in [0.29, 0.717) is 5.56 Å². The smallest absolute Gasteiger partial charge is 0.186 e. The lowest BCUT2D eigenvalue weighted by Gasteiger charge is -2.26. The first-order valence-corrected chi connectivity index (χ1v) is 7.35. The summed E-state index contributed by atoms with van der Waals surface area (Å²) in [6, 6.07) is 3.93. The number of aromatic nitrogens is 1. The second kappa shape index (κ2) is 5.46. The van der Waals surface area contributed by atoms with Crippen LogP contribution in [0.5, 0.6) is 0 Å². The van der Waals surface area contributed by atoms with E-state index in [9.17, 15) is 8.78 Å². The second-order valence-corrected chi connectivity index (χ2v) is 5.95. The van der Waals surface area contributed by atoms with E-state index in [1.807, 2.05) is 6.92 Å². The first kappa shape index (κ1) is 13.5. The van der Waals surface area contributed by atoms with Crippen LogP contribution in [0.1, 0.15) is 4.88 Å². The van der Waals surface area contributed by atoms with Crippen LogP contribution in [-0.2, 0) is 0 Å². The van der Waals surface area contributed by atoms with Gasteiger partial charge in [0.15, 0.2) is 16.8 Å². The van der Waals surface area contributed by atoms with Gasteiger partial charge in [-0.25, -0.2) is 13.8 Å². The highest BCUT2D eigenvalue weighted by Crippen LogP contribution is 2.33. The summed E-state index contributed by atoms with van der Waals surface area (Å²) in [4.78, 5) is 7.84. The zero-order valence-electron chi connectivity index (χ0n) is 11.1. The Labute approximate surface area is 120 Å². The molecule has 0 unspecified atom stereocenters. The Morgan fingerprint density at radius 2 is 1.95 bits per heavy atom. The number of nitrogens with zero attached hydrogens (tertiary/aromatic N) is 2. The number of aryl methyl sites for hydroxylation is 1. The summed E-state index contributed by atoms with van der Waals surface area (Å²) in [6.07, 6.45) is 0. The van der Waals surface area contributed by atoms with Gasteiger partial charge in [-0.2, -0.15) is 0 Å². The van der Waals surface area contributed by atoms with E-state index >= 15 is 0 Å². The van der Waals surface area contributed by atoms with Gasteiger partial charge in [-0.3, -0.25) is 0 Å². The molecule has 0 radical (unpaired) electrons. The SMILES string of the molecule is Cc1sc(N2CCNCC2)nc1-c1ccc(F)c(F)c1. The number of thiazole rings is 1. The van der Waals surface area contributed by atoms with Gasteiger partial charge < -0.3 is 10.2 Å². The number of piperazine rings is 1. The molecule has 3 rings (SSSR count). The molecule has 2 aromatic rings. The average molecular weight is 295 g/mol. The maximum absolute atomic E-state index is 13.3. The molecule has 1 saturated heterocycles. The summed E-state index contributed by atoms with van der Waals surface area (Å²) < 4.78 is 26.3. The molecule has 1 aliphatic rings. The number of benzene rings is 1. The summed E-state index contributed by atoms with van der Waals surface area (Å²) in [6.45, 7) is 5.69. The van der Waals surface area contributed by atoms with Crippen molar-refractivity contribution in [1.82, 2.24) is 10.3 Å². The summed E-state index contributed by atoms with van der Waals surface area (Å²) in [7, 11) is 0. The molecule has 1 fully saturated rings. The van der Waals surface area contributed by atoms with Crippen molar-refractivity contribution in [3.8, 4) is 11.3 Å². The van der Waals surface area contributed by atoms with Gasteiger partial charge in [0.1, 0.15) is 0 Å². The van der Waals surface area contributed by atoms with E-state index in [-0.39, 0.29) is 0 Å². The van der Waals surface area contributed by atoms with Crippen LogP contribution in [0.4, 0.5) is 13.9 Å². The molecular formula is C14H15F2N3S. The molecule has 20 heavy (non-hydrogen) atoms. The summed E-state index contributed by atoms with van der Waals surface area (Å²) in [5.74, 6) is -1.66. The molecule has 3 nitrogen and oxygen atoms in total. The minimum atomic E-state index is -0.835. The van der Waals surface area contributed by atoms with Gasteiger partial charge in [0.25, 0.3) is 0 Å². The molecule has 1 N–H and O–H groups in total. The fraction of sp³-hybridized carbons (Fsp3) is 0.357. The standard InChI is InChI=1S/C14H15F2N3S/c1-9-13(10-2-3-11(15)12(16)8-10)18-14(20-9)19-6-4-17-5-7-19/h2-3,8,17H,4-7H2,1H3. The third kappa shape index (κ3) is 2.53. The van der Waals surface area contributed by atoms with Gasteiger partial charge in [-0.05, 0) is 25.1 Å². The first-order chi connectivity index (χ1) is 9.65. The Balaban J connectivity index is 1.93. The number of hydrogen-bond donors (Lipinski definition) is 1. The zero-order chi connectivity index (χ0) is 14.1. The molecular weight excluding hydrogens is 280 g/mol. The monoisotopic (exact) mass is 295 g/mol. The lowest BCUT2D eigenvalue weighted by molar-refractivity contribution is 0.509. The molecule has 2 heterocycles. The van der Waals surface area contributed by atoms with Crippen LogP contribution < -0.4 is 10.2 Å². The van der Waals surface area contributed by atoms with Gasteiger partial charge >= 0.3 is 0 Å². The molecule has 6 heteroatoms. The molecule has 0 spiro atoms. The predicted molar refractivity (Wildman–Crippen MR) is 77.3 cm³/mol. The van der Waals surface area contributed by atoms with Gasteiger partial charge in [0.2, 0.25) is 0 Å². The van der Waals surface area contributed by atoms with Gasteiger partial charge in [0, 0.05) is 36.6 Å². The van der Waals surface area contributed by atoms with Crippen LogP contribution in [0.3, 0.4) is 0 Å². The highest BCUT2D eigenvalue weighted by molar-refractivity contribution is 7.16. The lowest BCUT2D eigenvalue weighted by atomic mass is 10.1. The number of nitrogens with one attached hydrogen (secondary N) is 1. The Bertz CT molecular complexity index is 621. The number of halogens is 2. The van der Waals surface area contributed by atoms with E-state index < -0.39 is 11.6 Å². The van der Waals surface area contributed by atoms with Crippen LogP contribution in [0.15, 0.2) is 18.2 Å². The van der Waals surface area contributed by atoms with E-state index in [4.69, 9.17) is 0 Å². The highest BCUT2D eigenvalue weighted by Gasteiger charge is 2.17. The van der Waals surface area contributed by atoms with Crippen molar-refractivity contribution in [3.05, 3.63) is 34.7 Å². The summed E-state index contributed by atoms with van der Waals surface area (Å²) >= 11 is 1.60. The third-order valence-corrected chi connectivity index (χ3v) is 4.40. The Kier molecular flexibility index (Phi) is 3.67. The average Bonchev–Trinajstić information content (AvgIpc) is 2.85. The molecule has 0 amide bonds. The lowest BCUT2D eigenvalue weighted by Crippen LogP contribution is -2.43. The number of anilines is 1. The minimum absolute atomic E-state index is 0.624. The van der Waals surface area contributed by atoms with Crippen molar-refractivity contribution in [3.63, 3.8) is 0 Å². The van der Waals surface area contributed by atoms with Crippen molar-refractivity contribution < 1.29 is 8.78 Å². The van der Waals surface area contributed by atoms with Gasteiger partial charge in [-0.15, -0.1) is 11.3 Å². The van der Waals surface area contributed by atoms with E-state index in [1.165, 1.54) is 6.07 Å². The number of rotatable bonds is 2. The number of hydrogen-bond acceptors (Lipinski definition) is 4. The highest BCUT2D eigenvalue weighted by atomic mass is 32.1. The van der Waals surface area contributed by atoms with Crippen molar-refractivity contribution in [2.24, 2.45) is 0 Å². The van der Waals surface area contributed by atoms with E-state index in [0.717, 1.165) is 47.9 Å². The van der Waals surface area contributed by atoms with Crippen LogP contribution in [0.25, 0.3) is 11.3 Å². The fourth-order valence-corrected chi connectivity index (χ4v) is 3.27. The Hall–Kier alpha value is -1.53. The van der Waals surface area contributed by atoms with Crippen molar-refractivity contribution in [2.75, 3.05) is 31.1 Å². The quantitative estimate of drug-likeness (QED) is 0.923. The second-order valence-electron chi connectivity index (χ2n) is 4.77. The maximum atomic E-state index is 13.3. The summed E-state index contributed by atoms with van der Waals surface area (Å²) in [5.41, 5.74) is 1.36. The van der Waals surface area contributed by atoms with Crippen LogP contribution in [0.2, 0.25) is 0 Å². The first-order valence-electron chi connectivity index (χ1n) is 6.53. The zero-order valence-corrected chi connectivity index (χ0v) is 11.9. The topological polar surface area (TPSA) is 28.2 Å².